The van der Waals surface area contributed by atoms with Gasteiger partial charge in [-0.25, -0.2) is 4.98 Å². The number of halogens is 2. The van der Waals surface area contributed by atoms with Crippen molar-refractivity contribution >= 4 is 40.0 Å². The van der Waals surface area contributed by atoms with Crippen LogP contribution in [0.5, 0.6) is 5.75 Å². The molecule has 4 aromatic carbocycles. The highest BCUT2D eigenvalue weighted by Gasteiger charge is 2.29. The number of fused-ring (bicyclic) bond motifs is 2. The number of nitrogens with zero attached hydrogens (tertiary/aromatic N) is 2. The second kappa shape index (κ2) is 11.2. The maximum absolute atomic E-state index is 9.91. The number of anilines is 1. The largest absolute Gasteiger partial charge is 0.463 e. The lowest BCUT2D eigenvalue weighted by Gasteiger charge is -2.19. The van der Waals surface area contributed by atoms with Crippen molar-refractivity contribution in [2.75, 3.05) is 18.4 Å². The van der Waals surface area contributed by atoms with Gasteiger partial charge in [-0.1, -0.05) is 53.5 Å². The number of oxazole rings is 1. The Morgan fingerprint density at radius 3 is 2.47 bits per heavy atom. The zero-order chi connectivity index (χ0) is 29.8. The number of aliphatic hydroxyl groups is 2. The van der Waals surface area contributed by atoms with Crippen LogP contribution in [0.1, 0.15) is 40.5 Å². The molecule has 5 aromatic rings. The molecule has 7 nitrogen and oxygen atoms in total. The van der Waals surface area contributed by atoms with Gasteiger partial charge in [-0.3, -0.25) is 4.90 Å². The Labute approximate surface area is 259 Å². The van der Waals surface area contributed by atoms with Crippen LogP contribution in [0.25, 0.3) is 33.7 Å². The summed E-state index contributed by atoms with van der Waals surface area (Å²) in [4.78, 5) is 6.94. The normalized spacial score (nSPS) is 18.2. The van der Waals surface area contributed by atoms with Gasteiger partial charge in [0.2, 0.25) is 5.89 Å². The van der Waals surface area contributed by atoms with Crippen molar-refractivity contribution in [2.24, 2.45) is 0 Å². The Kier molecular flexibility index (Phi) is 7.32. The lowest BCUT2D eigenvalue weighted by Crippen LogP contribution is -2.21. The van der Waals surface area contributed by atoms with E-state index in [9.17, 15) is 10.2 Å². The quantitative estimate of drug-likeness (QED) is 0.181. The number of aliphatic hydroxyl groups excluding tert-OH is 2. The van der Waals surface area contributed by atoms with E-state index in [1.807, 2.05) is 24.3 Å². The van der Waals surface area contributed by atoms with Crippen LogP contribution in [-0.2, 0) is 13.2 Å². The van der Waals surface area contributed by atoms with Crippen LogP contribution in [0.3, 0.4) is 0 Å². The number of ether oxygens (including phenoxy) is 1. The Balaban J connectivity index is 1.19. The van der Waals surface area contributed by atoms with Crippen LogP contribution in [0, 0.1) is 13.8 Å². The highest BCUT2D eigenvalue weighted by atomic mass is 35.5. The second-order valence-electron chi connectivity index (χ2n) is 11.4. The van der Waals surface area contributed by atoms with Gasteiger partial charge in [-0.05, 0) is 84.0 Å². The monoisotopic (exact) mass is 615 g/mol. The lowest BCUT2D eigenvalue weighted by molar-refractivity contribution is 0.175. The minimum absolute atomic E-state index is 0.121. The molecule has 1 saturated heterocycles. The standard InChI is InChI=1S/C34H31Cl2N3O4/c1-18-23(24-6-4-8-26(19(24)2)34-38-30-14-21(17-40)12-28(36)32(30)43-34)5-3-7-25(18)33-37-29-13-20(11-27(35)31(29)42-33)15-39-10-9-22(41)16-39/h3-8,11-14,22,33,37,40-41H,9-10,15-17H2,1-2H3. The molecular weight excluding hydrogens is 585 g/mol. The summed E-state index contributed by atoms with van der Waals surface area (Å²) >= 11 is 13.1. The van der Waals surface area contributed by atoms with Gasteiger partial charge in [-0.2, -0.15) is 0 Å². The number of benzene rings is 4. The molecule has 7 rings (SSSR count). The third-order valence-corrected chi connectivity index (χ3v) is 9.04. The fourth-order valence-electron chi connectivity index (χ4n) is 6.25. The van der Waals surface area contributed by atoms with Gasteiger partial charge in [0.15, 0.2) is 17.6 Å². The molecule has 2 aliphatic heterocycles. The van der Waals surface area contributed by atoms with Crippen LogP contribution in [0.2, 0.25) is 10.0 Å². The third kappa shape index (κ3) is 5.15. The predicted octanol–water partition coefficient (Wildman–Crippen LogP) is 7.65. The first-order valence-corrected chi connectivity index (χ1v) is 15.1. The van der Waals surface area contributed by atoms with Crippen LogP contribution >= 0.6 is 23.2 Å². The predicted molar refractivity (Wildman–Crippen MR) is 170 cm³/mol. The van der Waals surface area contributed by atoms with Crippen LogP contribution in [0.15, 0.2) is 65.1 Å². The average molecular weight is 617 g/mol. The zero-order valence-corrected chi connectivity index (χ0v) is 25.3. The van der Waals surface area contributed by atoms with Crippen LogP contribution in [-0.4, -0.2) is 39.3 Å². The molecule has 0 spiro atoms. The third-order valence-electron chi connectivity index (χ3n) is 8.48. The van der Waals surface area contributed by atoms with Crippen LogP contribution in [0.4, 0.5) is 5.69 Å². The summed E-state index contributed by atoms with van der Waals surface area (Å²) in [7, 11) is 0. The first-order valence-electron chi connectivity index (χ1n) is 14.3. The summed E-state index contributed by atoms with van der Waals surface area (Å²) in [5.74, 6) is 1.13. The second-order valence-corrected chi connectivity index (χ2v) is 12.2. The molecule has 43 heavy (non-hydrogen) atoms. The molecule has 0 saturated carbocycles. The summed E-state index contributed by atoms with van der Waals surface area (Å²) in [6.07, 6.45) is 0.151. The summed E-state index contributed by atoms with van der Waals surface area (Å²) in [6, 6.07) is 19.8. The van der Waals surface area contributed by atoms with Gasteiger partial charge >= 0.3 is 0 Å². The highest BCUT2D eigenvalue weighted by Crippen LogP contribution is 2.46. The smallest absolute Gasteiger partial charge is 0.227 e. The summed E-state index contributed by atoms with van der Waals surface area (Å²) in [5, 5.41) is 24.0. The molecule has 3 N–H and O–H groups in total. The SMILES string of the molecule is Cc1c(-c2nc3cc(CO)cc(Cl)c3o2)cccc1-c1cccc(C2Nc3cc(CN4CCC(O)C4)cc(Cl)c3O2)c1C. The molecule has 0 bridgehead atoms. The number of nitrogens with one attached hydrogen (secondary N) is 1. The van der Waals surface area contributed by atoms with E-state index in [1.165, 1.54) is 0 Å². The van der Waals surface area contributed by atoms with Crippen molar-refractivity contribution < 1.29 is 19.4 Å². The molecule has 0 aliphatic carbocycles. The van der Waals surface area contributed by atoms with Gasteiger partial charge < -0.3 is 24.7 Å². The highest BCUT2D eigenvalue weighted by molar-refractivity contribution is 6.34. The van der Waals surface area contributed by atoms with E-state index >= 15 is 0 Å². The van der Waals surface area contributed by atoms with Crippen molar-refractivity contribution in [1.29, 1.82) is 0 Å². The first-order chi connectivity index (χ1) is 20.8. The molecule has 2 unspecified atom stereocenters. The molecule has 1 fully saturated rings. The van der Waals surface area contributed by atoms with Crippen molar-refractivity contribution in [2.45, 2.75) is 45.8 Å². The minimum atomic E-state index is -0.389. The fourth-order valence-corrected chi connectivity index (χ4v) is 6.82. The number of hydrogen-bond donors (Lipinski definition) is 3. The van der Waals surface area contributed by atoms with Crippen molar-refractivity contribution in [1.82, 2.24) is 9.88 Å². The number of β-amino-alcohol motifs (C(OH)–C–C–N with tert-alkyl or cyclic N) is 1. The molecule has 9 heteroatoms. The Morgan fingerprint density at radius 2 is 1.70 bits per heavy atom. The van der Waals surface area contributed by atoms with Crippen LogP contribution < -0.4 is 10.1 Å². The first kappa shape index (κ1) is 28.2. The molecule has 2 aliphatic rings. The molecule has 0 radical (unpaired) electrons. The van der Waals surface area contributed by atoms with E-state index in [1.54, 1.807) is 12.1 Å². The summed E-state index contributed by atoms with van der Waals surface area (Å²) in [6.45, 7) is 6.33. The van der Waals surface area contributed by atoms with Gasteiger partial charge in [0.25, 0.3) is 0 Å². The fraction of sp³-hybridized carbons (Fsp3) is 0.265. The maximum atomic E-state index is 9.91. The number of rotatable bonds is 6. The molecular formula is C34H31Cl2N3O4. The average Bonchev–Trinajstić information content (AvgIpc) is 3.72. The number of likely N-dealkylation sites (tertiary alicyclic amines) is 1. The zero-order valence-electron chi connectivity index (χ0n) is 23.8. The molecule has 3 heterocycles. The number of aromatic nitrogens is 1. The van der Waals surface area contributed by atoms with Gasteiger partial charge in [0.05, 0.1) is 28.4 Å². The van der Waals surface area contributed by atoms with Crippen molar-refractivity contribution in [3.8, 4) is 28.3 Å². The molecule has 2 atom stereocenters. The van der Waals surface area contributed by atoms with E-state index in [-0.39, 0.29) is 18.9 Å². The summed E-state index contributed by atoms with van der Waals surface area (Å²) < 4.78 is 12.5. The van der Waals surface area contributed by atoms with Gasteiger partial charge in [0, 0.05) is 30.8 Å². The Hall–Kier alpha value is -3.59. The number of hydrogen-bond acceptors (Lipinski definition) is 7. The van der Waals surface area contributed by atoms with E-state index in [4.69, 9.17) is 37.3 Å². The van der Waals surface area contributed by atoms with Crippen molar-refractivity contribution in [3.63, 3.8) is 0 Å². The van der Waals surface area contributed by atoms with E-state index in [2.05, 4.69) is 48.3 Å². The van der Waals surface area contributed by atoms with Crippen molar-refractivity contribution in [3.05, 3.63) is 98.5 Å². The lowest BCUT2D eigenvalue weighted by atomic mass is 9.91. The Bertz CT molecular complexity index is 1870. The van der Waals surface area contributed by atoms with E-state index < -0.39 is 0 Å². The molecule has 0 amide bonds. The Morgan fingerprint density at radius 1 is 0.953 bits per heavy atom. The minimum Gasteiger partial charge on any atom is -0.463 e. The maximum Gasteiger partial charge on any atom is 0.227 e. The van der Waals surface area contributed by atoms with Gasteiger partial charge in [0.1, 0.15) is 5.52 Å². The summed E-state index contributed by atoms with van der Waals surface area (Å²) in [5.41, 5.74) is 9.88. The van der Waals surface area contributed by atoms with E-state index in [0.717, 1.165) is 64.1 Å². The van der Waals surface area contributed by atoms with Gasteiger partial charge in [-0.15, -0.1) is 0 Å². The van der Waals surface area contributed by atoms with E-state index in [0.29, 0.717) is 44.9 Å². The molecule has 1 aromatic heterocycles. The topological polar surface area (TPSA) is 91.0 Å². The molecule has 220 valence electrons.